The fourth-order valence-corrected chi connectivity index (χ4v) is 21.7. The van der Waals surface area contributed by atoms with Gasteiger partial charge in [-0.3, -0.25) is 33.6 Å². The van der Waals surface area contributed by atoms with Crippen molar-refractivity contribution in [2.75, 3.05) is 39.9 Å². The number of carboxylic acids is 1. The number of aliphatic hydroxyl groups is 9. The molecule has 0 radical (unpaired) electrons. The Morgan fingerprint density at radius 3 is 1.95 bits per heavy atom. The number of carbonyl (C=O) groups excluding carboxylic acids is 7. The summed E-state index contributed by atoms with van der Waals surface area (Å²) in [5.74, 6) is -19.3. The van der Waals surface area contributed by atoms with Gasteiger partial charge in [-0.25, -0.2) is 17.9 Å². The minimum atomic E-state index is -3.86. The Balaban J connectivity index is 0.985. The van der Waals surface area contributed by atoms with Crippen LogP contribution >= 0.6 is 23.2 Å². The SMILES string of the molecule is CCCCCOc1ccc(S(=O)(=O)NCCCCCNCC2C(O)CC3C(C4C[C@H](CC[C@H]4O)[C@H]4NC(=O)[C@@H]5NC(=O)[C@H](CC(N)=O)NC(=O)[C@H](NC(=O)[C@@H](CC(C)C)NC)[C@H](O)[C@H]6CC[C@@H](Oc7cc5cc(c7O[C@@H]5C[C@H](CO)[C@@H](O)[C@H](O)[C@H]5O[C@H]5C[C@](C)(N)[C@H](O)[C@H](C)O5)O[C@@H]5CC[C@@H](CC5Cl)[C@@H](O)[C@H](NC4=O)C(=O)N[C@@H]3C(=O)O)[C@H](Cl)C6)[C@H]2O)cc1. The molecule has 696 valence electrons. The van der Waals surface area contributed by atoms with E-state index < -0.39 is 262 Å². The third-order valence-electron chi connectivity index (χ3n) is 26.8. The van der Waals surface area contributed by atoms with Gasteiger partial charge in [0.2, 0.25) is 57.1 Å². The molecule has 7 fully saturated rings. The number of unbranched alkanes of at least 4 members (excludes halogenated alkanes) is 4. The molecule has 2 aromatic rings. The number of rotatable bonds is 28. The summed E-state index contributed by atoms with van der Waals surface area (Å²) in [4.78, 5) is 120. The number of ether oxygens (including phenoxy) is 6. The predicted molar refractivity (Wildman–Crippen MR) is 447 cm³/mol. The third kappa shape index (κ3) is 23.5. The molecule has 6 aliphatic heterocycles. The van der Waals surface area contributed by atoms with E-state index in [4.69, 9.17) is 63.1 Å². The van der Waals surface area contributed by atoms with Gasteiger partial charge in [0.15, 0.2) is 17.8 Å². The molecule has 2 aromatic carbocycles. The zero-order chi connectivity index (χ0) is 90.1. The first-order valence-corrected chi connectivity index (χ1v) is 46.2. The Bertz CT molecular complexity index is 4110. The van der Waals surface area contributed by atoms with Gasteiger partial charge in [0, 0.05) is 43.5 Å². The molecule has 0 spiro atoms. The number of aliphatic carboxylic acids is 1. The fourth-order valence-electron chi connectivity index (χ4n) is 19.8. The minimum absolute atomic E-state index is 0.0230. The van der Waals surface area contributed by atoms with E-state index in [1.165, 1.54) is 31.3 Å². The van der Waals surface area contributed by atoms with Crippen LogP contribution < -0.4 is 77.7 Å². The second kappa shape index (κ2) is 43.2. The molecule has 124 heavy (non-hydrogen) atoms. The number of sulfonamides is 1. The van der Waals surface area contributed by atoms with Gasteiger partial charge >= 0.3 is 5.97 Å². The Hall–Kier alpha value is -6.67. The minimum Gasteiger partial charge on any atom is -0.494 e. The number of amides is 7. The number of hydrogen-bond acceptors (Lipinski definition) is 28. The lowest BCUT2D eigenvalue weighted by Crippen LogP contribution is -2.66. The standard InChI is InChI=1S/C84H129Cl2N11O26S/c1-7-8-12-25-118-45-16-18-46(19-17-45)124(116,117)91-24-11-9-10-23-90-36-49-55(100)33-48-63(72(49)105)47-27-40(13-20-54(47)99)64-79(110)97-68(82(113)95-66(48)83(114)115)70(103)42-15-22-57(51(86)29-42)121-59-31-43-30-58(74(59)122-60-32-44(37-98)71(104)73(106)75(60)123-62-35-84(5,88)76(107)39(4)119-62)120-56-21-14-41(28-50(56)85)69(102)67(96-77(108)52(89-6)26-38(2)3)81(112)92-53(34-61(87)101)78(109)93-65(43)80(111)94-64/h16-19,30-31,38-42,44,47-57,60,62-73,75-76,89-91,98-100,102-107H,7-15,20-29,32-37,88H2,1-6H3,(H2,87,101)(H,92,112)(H,93,109)(H,94,111)(H,95,113)(H,96,108)(H,97,110)(H,114,115)/t39-,40-,41-,42-,44+,47?,48?,49?,50+,51?,52+,53-,54+,55?,56+,57+,60+,62-,63?,64+,65+,66-,67+,68-,69+,70+,71+,72-,73-,75-,76+,84-/m0/s1. The zero-order valence-corrected chi connectivity index (χ0v) is 73.3. The maximum atomic E-state index is 16.5. The topological polar surface area (TPSA) is 589 Å². The van der Waals surface area contributed by atoms with Crippen LogP contribution in [0.25, 0.3) is 0 Å². The summed E-state index contributed by atoms with van der Waals surface area (Å²) < 4.78 is 68.7. The lowest BCUT2D eigenvalue weighted by molar-refractivity contribution is -0.286. The van der Waals surface area contributed by atoms with Crippen LogP contribution in [0, 0.1) is 53.3 Å². The van der Waals surface area contributed by atoms with Gasteiger partial charge in [0.05, 0.1) is 83.6 Å². The van der Waals surface area contributed by atoms with Gasteiger partial charge in [-0.15, -0.1) is 23.2 Å². The molecule has 37 nitrogen and oxygen atoms in total. The van der Waals surface area contributed by atoms with E-state index in [0.29, 0.717) is 38.2 Å². The molecular weight excluding hydrogens is 1680 g/mol. The molecule has 11 bridgehead atoms. The molecule has 5 saturated carbocycles. The summed E-state index contributed by atoms with van der Waals surface area (Å²) >= 11 is 14.9. The molecule has 6 heterocycles. The molecule has 7 amide bonds. The maximum Gasteiger partial charge on any atom is 0.326 e. The van der Waals surface area contributed by atoms with Crippen molar-refractivity contribution in [3.63, 3.8) is 0 Å². The van der Waals surface area contributed by atoms with Crippen LogP contribution in [0.1, 0.15) is 175 Å². The highest BCUT2D eigenvalue weighted by molar-refractivity contribution is 7.89. The van der Waals surface area contributed by atoms with E-state index in [1.807, 2.05) is 13.8 Å². The monoisotopic (exact) mass is 1810 g/mol. The molecule has 0 aromatic heterocycles. The normalized spacial score (nSPS) is 37.8. The number of nitrogens with one attached hydrogen (secondary N) is 9. The summed E-state index contributed by atoms with van der Waals surface area (Å²) in [5.41, 5.74) is 10.9. The Labute approximate surface area is 732 Å². The number of nitrogens with two attached hydrogens (primary N) is 2. The molecule has 23 N–H and O–H groups in total. The van der Waals surface area contributed by atoms with E-state index >= 15 is 24.0 Å². The summed E-state index contributed by atoms with van der Waals surface area (Å²) in [6, 6.07) is -4.28. The molecule has 11 aliphatic rings. The van der Waals surface area contributed by atoms with Crippen LogP contribution in [-0.4, -0.2) is 285 Å². The smallest absolute Gasteiger partial charge is 0.326 e. The van der Waals surface area contributed by atoms with Crippen molar-refractivity contribution in [2.45, 2.75) is 312 Å². The van der Waals surface area contributed by atoms with Gasteiger partial charge in [-0.05, 0) is 207 Å². The molecule has 40 heteroatoms. The molecular formula is C84H129Cl2N11O26S. The first-order valence-electron chi connectivity index (χ1n) is 43.9. The molecule has 32 atom stereocenters. The predicted octanol–water partition coefficient (Wildman–Crippen LogP) is -0.927. The van der Waals surface area contributed by atoms with Crippen molar-refractivity contribution in [2.24, 2.45) is 64.7 Å². The van der Waals surface area contributed by atoms with Crippen molar-refractivity contribution in [1.29, 1.82) is 0 Å². The molecule has 13 rings (SSSR count). The number of aliphatic hydroxyl groups excluding tert-OH is 9. The van der Waals surface area contributed by atoms with Crippen molar-refractivity contribution in [3.8, 4) is 23.0 Å². The highest BCUT2D eigenvalue weighted by Crippen LogP contribution is 2.51. The lowest BCUT2D eigenvalue weighted by atomic mass is 9.58. The van der Waals surface area contributed by atoms with E-state index in [-0.39, 0.29) is 130 Å². The third-order valence-corrected chi connectivity index (χ3v) is 29.2. The highest BCUT2D eigenvalue weighted by Gasteiger charge is 2.57. The van der Waals surface area contributed by atoms with Crippen LogP contribution in [0.2, 0.25) is 0 Å². The van der Waals surface area contributed by atoms with E-state index in [2.05, 4.69) is 54.2 Å². The van der Waals surface area contributed by atoms with Gasteiger partial charge < -0.3 is 133 Å². The van der Waals surface area contributed by atoms with Gasteiger partial charge in [0.25, 0.3) is 0 Å². The first-order chi connectivity index (χ1) is 58.8. The number of alkyl halides is 2. The van der Waals surface area contributed by atoms with E-state index in [9.17, 15) is 73.9 Å². The number of carboxylic acid groups (broad SMARTS) is 1. The zero-order valence-electron chi connectivity index (χ0n) is 70.9. The average molecular weight is 1810 g/mol. The number of primary amides is 1. The second-order valence-electron chi connectivity index (χ2n) is 36.3. The van der Waals surface area contributed by atoms with E-state index in [1.54, 1.807) is 26.0 Å². The second-order valence-corrected chi connectivity index (χ2v) is 39.2. The van der Waals surface area contributed by atoms with Crippen LogP contribution in [0.4, 0.5) is 0 Å². The molecule has 6 unspecified atom stereocenters. The molecule has 2 saturated heterocycles. The van der Waals surface area contributed by atoms with Crippen molar-refractivity contribution in [1.82, 2.24) is 47.3 Å². The highest BCUT2D eigenvalue weighted by atomic mass is 35.5. The summed E-state index contributed by atoms with van der Waals surface area (Å²) in [5, 5.41) is 140. The fraction of sp³-hybridized carbons (Fsp3) is 0.762. The lowest BCUT2D eigenvalue weighted by Gasteiger charge is -2.51. The van der Waals surface area contributed by atoms with Gasteiger partial charge in [-0.1, -0.05) is 40.0 Å². The van der Waals surface area contributed by atoms with Crippen LogP contribution in [0.15, 0.2) is 41.3 Å². The number of halogens is 2. The summed E-state index contributed by atoms with van der Waals surface area (Å²) in [6.07, 6.45) is -18.6. The number of likely N-dealkylation sites (N-methyl/N-ethyl adjacent to an activating group) is 1. The number of fused-ring (bicyclic) bond motifs is 15. The summed E-state index contributed by atoms with van der Waals surface area (Å²) in [6.45, 7) is 9.09. The number of benzene rings is 2. The van der Waals surface area contributed by atoms with Crippen molar-refractivity contribution < 1.29 is 126 Å². The quantitative estimate of drug-likeness (QED) is 0.0362. The average Bonchev–Trinajstić information content (AvgIpc) is 0.754. The molecule has 5 aliphatic carbocycles. The van der Waals surface area contributed by atoms with Gasteiger partial charge in [-0.2, -0.15) is 0 Å². The maximum absolute atomic E-state index is 16.5. The Morgan fingerprint density at radius 1 is 0.702 bits per heavy atom. The Morgan fingerprint density at radius 2 is 1.34 bits per heavy atom. The largest absolute Gasteiger partial charge is 0.494 e. The van der Waals surface area contributed by atoms with Gasteiger partial charge in [0.1, 0.15) is 72.5 Å². The Kier molecular flexibility index (Phi) is 34.1. The van der Waals surface area contributed by atoms with Crippen LogP contribution in [0.5, 0.6) is 23.0 Å². The number of carbonyl (C=O) groups is 8. The number of hydrogen-bond donors (Lipinski definition) is 21. The van der Waals surface area contributed by atoms with E-state index in [0.717, 1.165) is 19.3 Å². The van der Waals surface area contributed by atoms with Crippen LogP contribution in [-0.2, 0) is 57.9 Å². The van der Waals surface area contributed by atoms with Crippen molar-refractivity contribution >= 4 is 80.5 Å². The van der Waals surface area contributed by atoms with Crippen LogP contribution in [0.3, 0.4) is 0 Å². The van der Waals surface area contributed by atoms with Crippen molar-refractivity contribution in [3.05, 3.63) is 42.0 Å². The first kappa shape index (κ1) is 97.9. The summed E-state index contributed by atoms with van der Waals surface area (Å²) in [7, 11) is -2.34.